The van der Waals surface area contributed by atoms with E-state index in [9.17, 15) is 0 Å². The second kappa shape index (κ2) is 4.33. The summed E-state index contributed by atoms with van der Waals surface area (Å²) in [6.45, 7) is 0. The van der Waals surface area contributed by atoms with Crippen LogP contribution in [0.2, 0.25) is 0 Å². The van der Waals surface area contributed by atoms with E-state index in [1.165, 1.54) is 40.1 Å². The van der Waals surface area contributed by atoms with Crippen molar-refractivity contribution in [3.63, 3.8) is 0 Å². The highest BCUT2D eigenvalue weighted by molar-refractivity contribution is 9.10. The first-order chi connectivity index (χ1) is 10.3. The fourth-order valence-electron chi connectivity index (χ4n) is 5.66. The molecule has 1 nitrogen and oxygen atoms in total. The largest absolute Gasteiger partial charge is 0.324 e. The zero-order chi connectivity index (χ0) is 14.1. The van der Waals surface area contributed by atoms with E-state index in [0.29, 0.717) is 0 Å². The Morgan fingerprint density at radius 1 is 0.952 bits per heavy atom. The standard InChI is InChI=1S/C19H20BrN/c20-15-8-7-14(12-3-1-2-4-13(12)15)19(21)18-16-10-5-6-11(9-10)17(16)18/h1-4,7-8,10-11,16-19H,5-6,9,21H2. The number of hydrogen-bond donors (Lipinski definition) is 1. The number of fused-ring (bicyclic) bond motifs is 6. The van der Waals surface area contributed by atoms with Crippen LogP contribution in [0, 0.1) is 29.6 Å². The molecule has 2 bridgehead atoms. The molecule has 5 atom stereocenters. The summed E-state index contributed by atoms with van der Waals surface area (Å²) in [6, 6.07) is 13.3. The molecule has 0 saturated heterocycles. The molecule has 2 heteroatoms. The predicted octanol–water partition coefficient (Wildman–Crippen LogP) is 4.89. The molecular formula is C19H20BrN. The third kappa shape index (κ3) is 1.66. The van der Waals surface area contributed by atoms with Crippen molar-refractivity contribution in [2.24, 2.45) is 35.3 Å². The monoisotopic (exact) mass is 341 g/mol. The summed E-state index contributed by atoms with van der Waals surface area (Å²) >= 11 is 3.67. The van der Waals surface area contributed by atoms with Crippen LogP contribution >= 0.6 is 15.9 Å². The van der Waals surface area contributed by atoms with Crippen molar-refractivity contribution in [2.45, 2.75) is 25.3 Å². The zero-order valence-electron chi connectivity index (χ0n) is 12.0. The van der Waals surface area contributed by atoms with Gasteiger partial charge < -0.3 is 5.73 Å². The molecule has 2 aromatic rings. The molecule has 2 N–H and O–H groups in total. The van der Waals surface area contributed by atoms with Gasteiger partial charge in [-0.1, -0.05) is 46.3 Å². The van der Waals surface area contributed by atoms with E-state index in [4.69, 9.17) is 5.73 Å². The van der Waals surface area contributed by atoms with Gasteiger partial charge in [0.15, 0.2) is 0 Å². The zero-order valence-corrected chi connectivity index (χ0v) is 13.6. The maximum Gasteiger partial charge on any atom is 0.0335 e. The van der Waals surface area contributed by atoms with Gasteiger partial charge in [-0.15, -0.1) is 0 Å². The molecular weight excluding hydrogens is 322 g/mol. The molecule has 0 spiro atoms. The lowest BCUT2D eigenvalue weighted by Crippen LogP contribution is -2.17. The number of nitrogens with two attached hydrogens (primary N) is 1. The number of halogens is 1. The molecule has 2 aromatic carbocycles. The Kier molecular flexibility index (Phi) is 2.61. The third-order valence-electron chi connectivity index (χ3n) is 6.47. The van der Waals surface area contributed by atoms with Gasteiger partial charge in [-0.3, -0.25) is 0 Å². The van der Waals surface area contributed by atoms with Gasteiger partial charge in [-0.05, 0) is 71.3 Å². The van der Waals surface area contributed by atoms with Gasteiger partial charge >= 0.3 is 0 Å². The smallest absolute Gasteiger partial charge is 0.0335 e. The van der Waals surface area contributed by atoms with Crippen molar-refractivity contribution < 1.29 is 0 Å². The molecule has 0 radical (unpaired) electrons. The predicted molar refractivity (Wildman–Crippen MR) is 89.9 cm³/mol. The molecule has 3 saturated carbocycles. The van der Waals surface area contributed by atoms with Crippen molar-refractivity contribution in [1.82, 2.24) is 0 Å². The third-order valence-corrected chi connectivity index (χ3v) is 7.16. The molecule has 5 unspecified atom stereocenters. The lowest BCUT2D eigenvalue weighted by atomic mass is 9.91. The summed E-state index contributed by atoms with van der Waals surface area (Å²) in [4.78, 5) is 0. The van der Waals surface area contributed by atoms with Crippen LogP contribution in [0.5, 0.6) is 0 Å². The molecule has 3 aliphatic carbocycles. The van der Waals surface area contributed by atoms with Crippen molar-refractivity contribution in [2.75, 3.05) is 0 Å². The van der Waals surface area contributed by atoms with Crippen LogP contribution in [0.15, 0.2) is 40.9 Å². The highest BCUT2D eigenvalue weighted by atomic mass is 79.9. The van der Waals surface area contributed by atoms with E-state index in [0.717, 1.165) is 29.6 Å². The van der Waals surface area contributed by atoms with Gasteiger partial charge in [0.1, 0.15) is 0 Å². The van der Waals surface area contributed by atoms with Gasteiger partial charge in [0.25, 0.3) is 0 Å². The lowest BCUT2D eigenvalue weighted by molar-refractivity contribution is 0.419. The molecule has 0 amide bonds. The Morgan fingerprint density at radius 2 is 1.62 bits per heavy atom. The van der Waals surface area contributed by atoms with Crippen LogP contribution in [0.25, 0.3) is 10.8 Å². The summed E-state index contributed by atoms with van der Waals surface area (Å²) in [5, 5.41) is 2.62. The molecule has 3 aliphatic rings. The average molecular weight is 342 g/mol. The minimum absolute atomic E-state index is 0.224. The number of hydrogen-bond acceptors (Lipinski definition) is 1. The van der Waals surface area contributed by atoms with E-state index in [1.54, 1.807) is 0 Å². The fraction of sp³-hybridized carbons (Fsp3) is 0.474. The normalized spacial score (nSPS) is 37.7. The van der Waals surface area contributed by atoms with E-state index >= 15 is 0 Å². The van der Waals surface area contributed by atoms with E-state index in [-0.39, 0.29) is 6.04 Å². The van der Waals surface area contributed by atoms with Gasteiger partial charge in [-0.2, -0.15) is 0 Å². The molecule has 0 heterocycles. The van der Waals surface area contributed by atoms with E-state index in [1.807, 2.05) is 0 Å². The lowest BCUT2D eigenvalue weighted by Gasteiger charge is -2.19. The minimum Gasteiger partial charge on any atom is -0.324 e. The summed E-state index contributed by atoms with van der Waals surface area (Å²) in [5.74, 6) is 4.64. The maximum atomic E-state index is 6.74. The summed E-state index contributed by atoms with van der Waals surface area (Å²) in [7, 11) is 0. The first-order valence-corrected chi connectivity index (χ1v) is 8.98. The number of benzene rings is 2. The van der Waals surface area contributed by atoms with Crippen LogP contribution in [-0.4, -0.2) is 0 Å². The highest BCUT2D eigenvalue weighted by Crippen LogP contribution is 2.72. The molecule has 21 heavy (non-hydrogen) atoms. The Morgan fingerprint density at radius 3 is 2.33 bits per heavy atom. The van der Waals surface area contributed by atoms with Gasteiger partial charge in [0, 0.05) is 10.5 Å². The maximum absolute atomic E-state index is 6.74. The van der Waals surface area contributed by atoms with Gasteiger partial charge in [0.05, 0.1) is 0 Å². The molecule has 3 fully saturated rings. The Labute approximate surface area is 134 Å². The Balaban J connectivity index is 1.55. The van der Waals surface area contributed by atoms with Crippen molar-refractivity contribution in [3.8, 4) is 0 Å². The van der Waals surface area contributed by atoms with Crippen molar-refractivity contribution in [1.29, 1.82) is 0 Å². The SMILES string of the molecule is NC(c1ccc(Br)c2ccccc12)C1C2C3CCC(C3)C21. The summed E-state index contributed by atoms with van der Waals surface area (Å²) in [6.07, 6.45) is 4.44. The number of rotatable bonds is 2. The Hall–Kier alpha value is -0.860. The summed E-state index contributed by atoms with van der Waals surface area (Å²) < 4.78 is 1.17. The second-order valence-corrected chi connectivity index (χ2v) is 8.13. The van der Waals surface area contributed by atoms with Crippen LogP contribution in [0.4, 0.5) is 0 Å². The molecule has 108 valence electrons. The quantitative estimate of drug-likeness (QED) is 0.826. The molecule has 0 aromatic heterocycles. The van der Waals surface area contributed by atoms with Crippen LogP contribution in [0.1, 0.15) is 30.9 Å². The minimum atomic E-state index is 0.224. The fourth-order valence-corrected chi connectivity index (χ4v) is 6.13. The van der Waals surface area contributed by atoms with E-state index < -0.39 is 0 Å². The average Bonchev–Trinajstić information content (AvgIpc) is 2.95. The van der Waals surface area contributed by atoms with Crippen molar-refractivity contribution in [3.05, 3.63) is 46.4 Å². The topological polar surface area (TPSA) is 26.0 Å². The molecule has 0 aliphatic heterocycles. The van der Waals surface area contributed by atoms with Crippen LogP contribution < -0.4 is 5.73 Å². The van der Waals surface area contributed by atoms with Crippen molar-refractivity contribution >= 4 is 26.7 Å². The van der Waals surface area contributed by atoms with Gasteiger partial charge in [-0.25, -0.2) is 0 Å². The highest BCUT2D eigenvalue weighted by Gasteiger charge is 2.66. The first-order valence-electron chi connectivity index (χ1n) is 8.18. The molecule has 5 rings (SSSR count). The van der Waals surface area contributed by atoms with Crippen LogP contribution in [0.3, 0.4) is 0 Å². The van der Waals surface area contributed by atoms with Gasteiger partial charge in [0.2, 0.25) is 0 Å². The van der Waals surface area contributed by atoms with Crippen LogP contribution in [-0.2, 0) is 0 Å². The summed E-state index contributed by atoms with van der Waals surface area (Å²) in [5.41, 5.74) is 8.10. The Bertz CT molecular complexity index is 709. The van der Waals surface area contributed by atoms with E-state index in [2.05, 4.69) is 52.3 Å². The first kappa shape index (κ1) is 12.7. The second-order valence-electron chi connectivity index (χ2n) is 7.27.